The number of carbonyl (C=O) groups is 2. The summed E-state index contributed by atoms with van der Waals surface area (Å²) < 4.78 is 0. The average Bonchev–Trinajstić information content (AvgIpc) is 3.39. The van der Waals surface area contributed by atoms with Gasteiger partial charge in [0.2, 0.25) is 5.78 Å². The number of rotatable bonds is 5. The van der Waals surface area contributed by atoms with Crippen LogP contribution in [0.4, 0.5) is 5.69 Å². The Kier molecular flexibility index (Phi) is 5.83. The number of aromatic nitrogens is 1. The highest BCUT2D eigenvalue weighted by molar-refractivity contribution is 7.17. The van der Waals surface area contributed by atoms with E-state index < -0.39 is 17.7 Å². The Bertz CT molecular complexity index is 1470. The molecule has 0 bridgehead atoms. The Morgan fingerprint density at radius 2 is 1.60 bits per heavy atom. The van der Waals surface area contributed by atoms with Gasteiger partial charge in [-0.25, -0.2) is 4.98 Å². The number of aliphatic hydroxyl groups excluding tert-OH is 1. The van der Waals surface area contributed by atoms with Crippen molar-refractivity contribution in [1.82, 2.24) is 4.98 Å². The van der Waals surface area contributed by atoms with Gasteiger partial charge in [-0.15, -0.1) is 11.3 Å². The van der Waals surface area contributed by atoms with Gasteiger partial charge in [0.1, 0.15) is 5.01 Å². The maximum atomic E-state index is 14.0. The molecule has 1 unspecified atom stereocenters. The van der Waals surface area contributed by atoms with Crippen LogP contribution in [0, 0.1) is 20.8 Å². The Balaban J connectivity index is 1.65. The van der Waals surface area contributed by atoms with Gasteiger partial charge in [0, 0.05) is 11.3 Å². The fraction of sp³-hybridized carbons (Fsp3) is 0.138. The monoisotopic (exact) mass is 480 g/mol. The molecule has 0 saturated carbocycles. The summed E-state index contributed by atoms with van der Waals surface area (Å²) in [4.78, 5) is 34.0. The van der Waals surface area contributed by atoms with Crippen molar-refractivity contribution in [1.29, 1.82) is 0 Å². The maximum Gasteiger partial charge on any atom is 0.294 e. The van der Waals surface area contributed by atoms with E-state index in [1.165, 1.54) is 16.2 Å². The lowest BCUT2D eigenvalue weighted by molar-refractivity contribution is -0.117. The largest absolute Gasteiger partial charge is 0.503 e. The molecule has 0 spiro atoms. The molecule has 1 atom stereocenters. The van der Waals surface area contributed by atoms with Crippen molar-refractivity contribution in [3.63, 3.8) is 0 Å². The standard InChI is InChI=1S/C29H24N2O3S/c1-17-14-15-18(2)22(16-17)31-24(20-10-6-4-7-11-20)23(26(33)29(31)34)25(32)27-19(3)30-28(35-27)21-12-8-5-9-13-21/h4-16,24,33H,1-3H3. The molecule has 35 heavy (non-hydrogen) atoms. The summed E-state index contributed by atoms with van der Waals surface area (Å²) >= 11 is 1.27. The molecule has 3 aromatic carbocycles. The molecule has 1 aromatic heterocycles. The van der Waals surface area contributed by atoms with E-state index in [1.54, 1.807) is 6.92 Å². The quantitative estimate of drug-likeness (QED) is 0.330. The number of anilines is 1. The molecule has 0 fully saturated rings. The zero-order chi connectivity index (χ0) is 24.7. The van der Waals surface area contributed by atoms with E-state index in [2.05, 4.69) is 4.98 Å². The van der Waals surface area contributed by atoms with E-state index in [-0.39, 0.29) is 11.4 Å². The van der Waals surface area contributed by atoms with Crippen LogP contribution in [0.1, 0.15) is 38.1 Å². The van der Waals surface area contributed by atoms with E-state index in [9.17, 15) is 14.7 Å². The second kappa shape index (κ2) is 8.96. The van der Waals surface area contributed by atoms with Gasteiger partial charge in [0.15, 0.2) is 5.76 Å². The number of amides is 1. The average molecular weight is 481 g/mol. The Morgan fingerprint density at radius 3 is 2.29 bits per heavy atom. The summed E-state index contributed by atoms with van der Waals surface area (Å²) in [6.45, 7) is 5.65. The lowest BCUT2D eigenvalue weighted by Crippen LogP contribution is -2.31. The fourth-order valence-electron chi connectivity index (χ4n) is 4.45. The number of aryl methyl sites for hydroxylation is 3. The first-order valence-electron chi connectivity index (χ1n) is 11.3. The van der Waals surface area contributed by atoms with Gasteiger partial charge in [-0.2, -0.15) is 0 Å². The number of aliphatic hydroxyl groups is 1. The van der Waals surface area contributed by atoms with Crippen molar-refractivity contribution in [2.45, 2.75) is 26.8 Å². The van der Waals surface area contributed by atoms with Crippen LogP contribution in [0.15, 0.2) is 90.2 Å². The molecule has 4 aromatic rings. The number of benzene rings is 3. The van der Waals surface area contributed by atoms with Crippen molar-refractivity contribution in [2.75, 3.05) is 4.90 Å². The zero-order valence-corrected chi connectivity index (χ0v) is 20.5. The molecule has 5 nitrogen and oxygen atoms in total. The number of Topliss-reactive ketones (excluding diaryl/α,β-unsaturated/α-hetero) is 1. The number of hydrogen-bond acceptors (Lipinski definition) is 5. The molecule has 0 radical (unpaired) electrons. The van der Waals surface area contributed by atoms with Crippen LogP contribution in [0.5, 0.6) is 0 Å². The lowest BCUT2D eigenvalue weighted by atomic mass is 9.94. The van der Waals surface area contributed by atoms with Gasteiger partial charge in [-0.3, -0.25) is 14.5 Å². The lowest BCUT2D eigenvalue weighted by Gasteiger charge is -2.28. The van der Waals surface area contributed by atoms with E-state index in [0.717, 1.165) is 27.3 Å². The van der Waals surface area contributed by atoms with Crippen molar-refractivity contribution >= 4 is 28.7 Å². The van der Waals surface area contributed by atoms with Crippen LogP contribution in [0.2, 0.25) is 0 Å². The molecule has 0 aliphatic carbocycles. The van der Waals surface area contributed by atoms with E-state index in [1.807, 2.05) is 92.7 Å². The minimum absolute atomic E-state index is 0.0773. The number of thiazole rings is 1. The maximum absolute atomic E-state index is 14.0. The van der Waals surface area contributed by atoms with Crippen LogP contribution < -0.4 is 4.90 Å². The van der Waals surface area contributed by atoms with Crippen molar-refractivity contribution in [3.05, 3.63) is 117 Å². The third kappa shape index (κ3) is 3.96. The van der Waals surface area contributed by atoms with Gasteiger partial charge in [-0.05, 0) is 43.5 Å². The smallest absolute Gasteiger partial charge is 0.294 e. The Labute approximate surface area is 208 Å². The molecule has 2 heterocycles. The minimum atomic E-state index is -0.752. The fourth-order valence-corrected chi connectivity index (χ4v) is 5.47. The second-order valence-corrected chi connectivity index (χ2v) is 9.67. The summed E-state index contributed by atoms with van der Waals surface area (Å²) in [5.41, 5.74) is 4.85. The summed E-state index contributed by atoms with van der Waals surface area (Å²) in [6.07, 6.45) is 0. The molecule has 1 aliphatic heterocycles. The first-order chi connectivity index (χ1) is 16.9. The highest BCUT2D eigenvalue weighted by Crippen LogP contribution is 2.44. The van der Waals surface area contributed by atoms with Crippen LogP contribution in [-0.4, -0.2) is 21.8 Å². The van der Waals surface area contributed by atoms with Crippen LogP contribution in [0.3, 0.4) is 0 Å². The van der Waals surface area contributed by atoms with Crippen molar-refractivity contribution in [3.8, 4) is 10.6 Å². The number of carbonyl (C=O) groups excluding carboxylic acids is 2. The van der Waals surface area contributed by atoms with Crippen LogP contribution in [0.25, 0.3) is 10.6 Å². The molecular formula is C29H24N2O3S. The first kappa shape index (κ1) is 22.7. The van der Waals surface area contributed by atoms with Gasteiger partial charge >= 0.3 is 0 Å². The third-order valence-corrected chi connectivity index (χ3v) is 7.42. The Morgan fingerprint density at radius 1 is 0.943 bits per heavy atom. The predicted octanol–water partition coefficient (Wildman–Crippen LogP) is 6.52. The zero-order valence-electron chi connectivity index (χ0n) is 19.6. The van der Waals surface area contributed by atoms with Gasteiger partial charge in [-0.1, -0.05) is 72.8 Å². The summed E-state index contributed by atoms with van der Waals surface area (Å²) in [5.74, 6) is -1.48. The van der Waals surface area contributed by atoms with Gasteiger partial charge in [0.25, 0.3) is 5.91 Å². The molecule has 6 heteroatoms. The van der Waals surface area contributed by atoms with Crippen LogP contribution >= 0.6 is 11.3 Å². The van der Waals surface area contributed by atoms with Crippen molar-refractivity contribution in [2.24, 2.45) is 0 Å². The molecule has 1 aliphatic rings. The Hall–Kier alpha value is -4.03. The predicted molar refractivity (Wildman–Crippen MR) is 139 cm³/mol. The molecule has 0 saturated heterocycles. The SMILES string of the molecule is Cc1ccc(C)c(N2C(=O)C(O)=C(C(=O)c3sc(-c4ccccc4)nc3C)C2c2ccccc2)c1. The molecule has 5 rings (SSSR count). The minimum Gasteiger partial charge on any atom is -0.503 e. The molecule has 174 valence electrons. The molecule has 1 N–H and O–H groups in total. The molecule has 1 amide bonds. The highest BCUT2D eigenvalue weighted by Gasteiger charge is 2.45. The number of nitrogens with zero attached hydrogens (tertiary/aromatic N) is 2. The first-order valence-corrected chi connectivity index (χ1v) is 12.1. The van der Waals surface area contributed by atoms with E-state index in [0.29, 0.717) is 16.3 Å². The van der Waals surface area contributed by atoms with Crippen molar-refractivity contribution < 1.29 is 14.7 Å². The van der Waals surface area contributed by atoms with E-state index >= 15 is 0 Å². The normalized spacial score (nSPS) is 15.7. The van der Waals surface area contributed by atoms with E-state index in [4.69, 9.17) is 0 Å². The van der Waals surface area contributed by atoms with Crippen LogP contribution in [-0.2, 0) is 4.79 Å². The highest BCUT2D eigenvalue weighted by atomic mass is 32.1. The molecular weight excluding hydrogens is 456 g/mol. The summed E-state index contributed by atoms with van der Waals surface area (Å²) in [6, 6.07) is 24.1. The second-order valence-electron chi connectivity index (χ2n) is 8.67. The van der Waals surface area contributed by atoms with Gasteiger partial charge < -0.3 is 5.11 Å². The summed E-state index contributed by atoms with van der Waals surface area (Å²) in [7, 11) is 0. The topological polar surface area (TPSA) is 70.5 Å². The summed E-state index contributed by atoms with van der Waals surface area (Å²) in [5, 5.41) is 11.8. The number of hydrogen-bond donors (Lipinski definition) is 1. The third-order valence-electron chi connectivity index (χ3n) is 6.22. The van der Waals surface area contributed by atoms with Gasteiger partial charge in [0.05, 0.1) is 22.2 Å². The number of ketones is 1.